The number of ketones is 1. The molecule has 1 saturated heterocycles. The second kappa shape index (κ2) is 8.94. The highest BCUT2D eigenvalue weighted by Gasteiger charge is 2.23. The Labute approximate surface area is 174 Å². The molecular weight excluding hydrogens is 394 g/mol. The number of Topliss-reactive ketones (excluding diaryl/α,β-unsaturated/α-hetero) is 1. The summed E-state index contributed by atoms with van der Waals surface area (Å²) in [6.45, 7) is 4.15. The van der Waals surface area contributed by atoms with Crippen molar-refractivity contribution < 1.29 is 4.79 Å². The Hall–Kier alpha value is -2.42. The molecule has 0 radical (unpaired) electrons. The SMILES string of the molecule is Cn1c(N)c(C(=O)CN2CCCN(Cc3ccc(Cl)cc3)CC2)c(=O)n(C)c1=O. The van der Waals surface area contributed by atoms with Gasteiger partial charge in [-0.25, -0.2) is 4.79 Å². The van der Waals surface area contributed by atoms with E-state index in [0.717, 1.165) is 46.8 Å². The van der Waals surface area contributed by atoms with Crippen molar-refractivity contribution in [3.63, 3.8) is 0 Å². The Morgan fingerprint density at radius 3 is 2.31 bits per heavy atom. The molecule has 0 unspecified atom stereocenters. The van der Waals surface area contributed by atoms with Crippen LogP contribution in [0.5, 0.6) is 0 Å². The third-order valence-corrected chi connectivity index (χ3v) is 5.61. The van der Waals surface area contributed by atoms with Crippen molar-refractivity contribution in [3.05, 3.63) is 61.3 Å². The Balaban J connectivity index is 1.66. The average Bonchev–Trinajstić information content (AvgIpc) is 2.92. The van der Waals surface area contributed by atoms with Crippen LogP contribution in [-0.2, 0) is 20.6 Å². The number of hydrogen-bond donors (Lipinski definition) is 1. The average molecular weight is 420 g/mol. The minimum absolute atomic E-state index is 0.0812. The number of nitrogens with two attached hydrogens (primary N) is 1. The molecule has 3 rings (SSSR count). The fourth-order valence-electron chi connectivity index (χ4n) is 3.59. The molecule has 1 aliphatic rings. The maximum atomic E-state index is 12.8. The second-order valence-corrected chi connectivity index (χ2v) is 7.86. The van der Waals surface area contributed by atoms with Gasteiger partial charge in [0.25, 0.3) is 5.56 Å². The van der Waals surface area contributed by atoms with Crippen LogP contribution in [0.2, 0.25) is 5.02 Å². The Morgan fingerprint density at radius 2 is 1.62 bits per heavy atom. The van der Waals surface area contributed by atoms with E-state index in [1.807, 2.05) is 29.2 Å². The number of nitrogen functional groups attached to an aromatic ring is 1. The van der Waals surface area contributed by atoms with E-state index in [1.165, 1.54) is 19.7 Å². The van der Waals surface area contributed by atoms with Crippen molar-refractivity contribution in [2.24, 2.45) is 14.1 Å². The number of hydrogen-bond acceptors (Lipinski definition) is 6. The minimum atomic E-state index is -0.644. The van der Waals surface area contributed by atoms with E-state index in [4.69, 9.17) is 17.3 Å². The molecule has 8 nitrogen and oxygen atoms in total. The van der Waals surface area contributed by atoms with Gasteiger partial charge in [0, 0.05) is 38.8 Å². The molecular formula is C20H26ClN5O3. The summed E-state index contributed by atoms with van der Waals surface area (Å²) in [6, 6.07) is 7.81. The Bertz CT molecular complexity index is 1010. The lowest BCUT2D eigenvalue weighted by molar-refractivity contribution is 0.0930. The molecule has 29 heavy (non-hydrogen) atoms. The molecule has 0 spiro atoms. The van der Waals surface area contributed by atoms with Crippen LogP contribution in [0.15, 0.2) is 33.9 Å². The summed E-state index contributed by atoms with van der Waals surface area (Å²) in [4.78, 5) is 41.5. The van der Waals surface area contributed by atoms with Gasteiger partial charge in [-0.15, -0.1) is 0 Å². The lowest BCUT2D eigenvalue weighted by atomic mass is 10.1. The zero-order chi connectivity index (χ0) is 21.1. The van der Waals surface area contributed by atoms with E-state index in [0.29, 0.717) is 6.54 Å². The number of nitrogens with zero attached hydrogens (tertiary/aromatic N) is 4. The standard InChI is InChI=1S/C20H26ClN5O3/c1-23-18(22)17(19(28)24(2)20(23)29)16(27)13-26-9-3-8-25(10-11-26)12-14-4-6-15(21)7-5-14/h4-7H,3,8-13,22H2,1-2H3. The minimum Gasteiger partial charge on any atom is -0.384 e. The molecule has 0 saturated carbocycles. The van der Waals surface area contributed by atoms with Gasteiger partial charge >= 0.3 is 5.69 Å². The first-order chi connectivity index (χ1) is 13.8. The lowest BCUT2D eigenvalue weighted by Gasteiger charge is -2.21. The summed E-state index contributed by atoms with van der Waals surface area (Å²) in [6.07, 6.45) is 0.918. The van der Waals surface area contributed by atoms with Crippen LogP contribution in [0.25, 0.3) is 0 Å². The van der Waals surface area contributed by atoms with Crippen LogP contribution in [0, 0.1) is 0 Å². The van der Waals surface area contributed by atoms with Crippen molar-refractivity contribution in [3.8, 4) is 0 Å². The van der Waals surface area contributed by atoms with Crippen molar-refractivity contribution in [2.45, 2.75) is 13.0 Å². The Morgan fingerprint density at radius 1 is 1.00 bits per heavy atom. The third-order valence-electron chi connectivity index (χ3n) is 5.36. The second-order valence-electron chi connectivity index (χ2n) is 7.42. The first kappa shape index (κ1) is 21.3. The zero-order valence-corrected chi connectivity index (χ0v) is 17.5. The fraction of sp³-hybridized carbons (Fsp3) is 0.450. The highest BCUT2D eigenvalue weighted by atomic mass is 35.5. The Kier molecular flexibility index (Phi) is 6.56. The summed E-state index contributed by atoms with van der Waals surface area (Å²) in [7, 11) is 2.80. The topological polar surface area (TPSA) is 93.6 Å². The van der Waals surface area contributed by atoms with E-state index in [9.17, 15) is 14.4 Å². The molecule has 0 bridgehead atoms. The van der Waals surface area contributed by atoms with Gasteiger partial charge in [-0.3, -0.25) is 28.5 Å². The van der Waals surface area contributed by atoms with Crippen LogP contribution in [0.1, 0.15) is 22.3 Å². The molecule has 0 aliphatic carbocycles. The predicted octanol–water partition coefficient (Wildman–Crippen LogP) is 0.710. The largest absolute Gasteiger partial charge is 0.384 e. The molecule has 1 aromatic carbocycles. The molecule has 1 aromatic heterocycles. The first-order valence-electron chi connectivity index (χ1n) is 9.55. The first-order valence-corrected chi connectivity index (χ1v) is 9.93. The summed E-state index contributed by atoms with van der Waals surface area (Å²) in [5.41, 5.74) is 5.79. The number of carbonyl (C=O) groups is 1. The smallest absolute Gasteiger partial charge is 0.332 e. The summed E-state index contributed by atoms with van der Waals surface area (Å²) >= 11 is 5.95. The van der Waals surface area contributed by atoms with E-state index < -0.39 is 11.2 Å². The van der Waals surface area contributed by atoms with E-state index in [-0.39, 0.29) is 23.7 Å². The van der Waals surface area contributed by atoms with Gasteiger partial charge in [-0.1, -0.05) is 23.7 Å². The zero-order valence-electron chi connectivity index (χ0n) is 16.7. The van der Waals surface area contributed by atoms with Gasteiger partial charge < -0.3 is 5.73 Å². The number of carbonyl (C=O) groups excluding carboxylic acids is 1. The third kappa shape index (κ3) is 4.77. The van der Waals surface area contributed by atoms with Gasteiger partial charge in [0.05, 0.1) is 6.54 Å². The molecule has 2 aromatic rings. The van der Waals surface area contributed by atoms with Crippen LogP contribution in [-0.4, -0.2) is 57.4 Å². The number of rotatable bonds is 5. The van der Waals surface area contributed by atoms with Crippen molar-refractivity contribution in [2.75, 3.05) is 38.5 Å². The van der Waals surface area contributed by atoms with E-state index in [2.05, 4.69) is 4.90 Å². The molecule has 2 heterocycles. The molecule has 0 amide bonds. The van der Waals surface area contributed by atoms with E-state index in [1.54, 1.807) is 0 Å². The van der Waals surface area contributed by atoms with Crippen molar-refractivity contribution in [1.29, 1.82) is 0 Å². The number of halogens is 1. The van der Waals surface area contributed by atoms with Crippen LogP contribution < -0.4 is 17.0 Å². The van der Waals surface area contributed by atoms with Crippen LogP contribution in [0.4, 0.5) is 5.82 Å². The summed E-state index contributed by atoms with van der Waals surface area (Å²) in [5.74, 6) is -0.438. The lowest BCUT2D eigenvalue weighted by Crippen LogP contribution is -2.43. The molecule has 156 valence electrons. The quantitative estimate of drug-likeness (QED) is 0.717. The fourth-order valence-corrected chi connectivity index (χ4v) is 3.72. The summed E-state index contributed by atoms with van der Waals surface area (Å²) in [5, 5.41) is 0.720. The van der Waals surface area contributed by atoms with Gasteiger partial charge in [0.15, 0.2) is 5.78 Å². The monoisotopic (exact) mass is 419 g/mol. The molecule has 1 aliphatic heterocycles. The molecule has 1 fully saturated rings. The van der Waals surface area contributed by atoms with Gasteiger partial charge in [0.2, 0.25) is 0 Å². The maximum absolute atomic E-state index is 12.8. The molecule has 0 atom stereocenters. The predicted molar refractivity (Wildman–Crippen MR) is 113 cm³/mol. The van der Waals surface area contributed by atoms with Crippen LogP contribution >= 0.6 is 11.6 Å². The molecule has 9 heteroatoms. The number of aromatic nitrogens is 2. The van der Waals surface area contributed by atoms with E-state index >= 15 is 0 Å². The number of anilines is 1. The maximum Gasteiger partial charge on any atom is 0.332 e. The summed E-state index contributed by atoms with van der Waals surface area (Å²) < 4.78 is 2.05. The van der Waals surface area contributed by atoms with Crippen molar-refractivity contribution in [1.82, 2.24) is 18.9 Å². The highest BCUT2D eigenvalue weighted by molar-refractivity contribution is 6.30. The van der Waals surface area contributed by atoms with Gasteiger partial charge in [-0.2, -0.15) is 0 Å². The van der Waals surface area contributed by atoms with Gasteiger partial charge in [0.1, 0.15) is 11.4 Å². The van der Waals surface area contributed by atoms with Crippen molar-refractivity contribution >= 4 is 23.2 Å². The van der Waals surface area contributed by atoms with Crippen LogP contribution in [0.3, 0.4) is 0 Å². The normalized spacial score (nSPS) is 16.0. The molecule has 2 N–H and O–H groups in total. The highest BCUT2D eigenvalue weighted by Crippen LogP contribution is 2.13. The van der Waals surface area contributed by atoms with Gasteiger partial charge in [-0.05, 0) is 37.2 Å². The number of benzene rings is 1.